The molecule has 7 rings (SSSR count). The quantitative estimate of drug-likeness (QED) is 0.245. The number of fused-ring (bicyclic) bond motifs is 4. The number of H-pyrrole nitrogens is 2. The molecule has 0 spiro atoms. The van der Waals surface area contributed by atoms with Crippen molar-refractivity contribution < 1.29 is 8.78 Å². The first-order valence-electron chi connectivity index (χ1n) is 12.1. The third-order valence-electron chi connectivity index (χ3n) is 7.07. The summed E-state index contributed by atoms with van der Waals surface area (Å²) >= 11 is 0. The molecule has 5 aromatic carbocycles. The Labute approximate surface area is 213 Å². The highest BCUT2D eigenvalue weighted by atomic mass is 19.1. The molecule has 0 amide bonds. The SMILES string of the molecule is O=c1c2cc(-c3ccc(F)cc3)ccc2[nH]c2cc3c(=O)c4cc(-c5ccc(F)cc5)ccc4[nH]c3cc12. The second kappa shape index (κ2) is 8.21. The lowest BCUT2D eigenvalue weighted by molar-refractivity contribution is 0.627. The zero-order valence-electron chi connectivity index (χ0n) is 19.8. The molecule has 0 fully saturated rings. The predicted octanol–water partition coefficient (Wildman–Crippen LogP) is 7.29. The maximum Gasteiger partial charge on any atom is 0.197 e. The van der Waals surface area contributed by atoms with Crippen molar-refractivity contribution >= 4 is 43.6 Å². The summed E-state index contributed by atoms with van der Waals surface area (Å²) in [6.07, 6.45) is 0. The van der Waals surface area contributed by atoms with Crippen LogP contribution in [-0.2, 0) is 0 Å². The maximum atomic E-state index is 13.5. The van der Waals surface area contributed by atoms with Gasteiger partial charge in [-0.05, 0) is 82.9 Å². The van der Waals surface area contributed by atoms with Gasteiger partial charge in [0.25, 0.3) is 0 Å². The lowest BCUT2D eigenvalue weighted by Gasteiger charge is -2.09. The van der Waals surface area contributed by atoms with Gasteiger partial charge in [0.2, 0.25) is 0 Å². The van der Waals surface area contributed by atoms with E-state index in [4.69, 9.17) is 0 Å². The average molecular weight is 501 g/mol. The van der Waals surface area contributed by atoms with E-state index >= 15 is 0 Å². The van der Waals surface area contributed by atoms with Crippen LogP contribution in [0.4, 0.5) is 8.78 Å². The Morgan fingerprint density at radius 3 is 1.13 bits per heavy atom. The van der Waals surface area contributed by atoms with E-state index < -0.39 is 0 Å². The minimum atomic E-state index is -0.321. The molecule has 0 radical (unpaired) electrons. The highest BCUT2D eigenvalue weighted by Crippen LogP contribution is 2.27. The largest absolute Gasteiger partial charge is 0.354 e. The van der Waals surface area contributed by atoms with Crippen LogP contribution in [0.15, 0.2) is 107 Å². The highest BCUT2D eigenvalue weighted by Gasteiger charge is 2.13. The molecule has 0 aliphatic heterocycles. The van der Waals surface area contributed by atoms with E-state index in [-0.39, 0.29) is 22.5 Å². The monoisotopic (exact) mass is 500 g/mol. The molecule has 0 aliphatic rings. The van der Waals surface area contributed by atoms with Gasteiger partial charge >= 0.3 is 0 Å². The fourth-order valence-corrected chi connectivity index (χ4v) is 5.09. The van der Waals surface area contributed by atoms with Crippen LogP contribution in [0.3, 0.4) is 0 Å². The molecule has 0 saturated heterocycles. The minimum absolute atomic E-state index is 0.160. The lowest BCUT2D eigenvalue weighted by atomic mass is 10.00. The van der Waals surface area contributed by atoms with Crippen LogP contribution < -0.4 is 10.9 Å². The summed E-state index contributed by atoms with van der Waals surface area (Å²) in [6, 6.07) is 26.7. The molecule has 0 saturated carbocycles. The Morgan fingerprint density at radius 1 is 0.395 bits per heavy atom. The van der Waals surface area contributed by atoms with Gasteiger partial charge in [-0.1, -0.05) is 36.4 Å². The van der Waals surface area contributed by atoms with Crippen molar-refractivity contribution in [2.75, 3.05) is 0 Å². The van der Waals surface area contributed by atoms with Gasteiger partial charge in [-0.3, -0.25) is 9.59 Å². The second-order valence-electron chi connectivity index (χ2n) is 9.39. The molecule has 6 heteroatoms. The highest BCUT2D eigenvalue weighted by molar-refractivity contribution is 6.03. The van der Waals surface area contributed by atoms with Crippen molar-refractivity contribution in [1.29, 1.82) is 0 Å². The summed E-state index contributed by atoms with van der Waals surface area (Å²) in [5.74, 6) is -0.642. The van der Waals surface area contributed by atoms with Gasteiger partial charge in [0.1, 0.15) is 11.6 Å². The van der Waals surface area contributed by atoms with Crippen molar-refractivity contribution in [3.8, 4) is 22.3 Å². The smallest absolute Gasteiger partial charge is 0.197 e. The molecule has 0 aliphatic carbocycles. The maximum absolute atomic E-state index is 13.5. The zero-order chi connectivity index (χ0) is 26.0. The standard InChI is InChI=1S/C32H18F2N2O2/c33-21-7-1-17(2-8-21)19-5-11-27-23(13-19)31(37)25-15-30-26(16-29(25)35-27)32(38)24-14-20(6-12-28(24)36-30)18-3-9-22(34)10-4-18/h1-16H,(H,35,37)(H,36,38). The van der Waals surface area contributed by atoms with Crippen LogP contribution in [0, 0.1) is 11.6 Å². The summed E-state index contributed by atoms with van der Waals surface area (Å²) in [7, 11) is 0. The van der Waals surface area contributed by atoms with E-state index in [1.807, 2.05) is 24.3 Å². The number of hydrogen-bond donors (Lipinski definition) is 2. The summed E-state index contributed by atoms with van der Waals surface area (Å²) in [5, 5.41) is 1.93. The molecule has 0 atom stereocenters. The van der Waals surface area contributed by atoms with E-state index in [0.29, 0.717) is 43.6 Å². The van der Waals surface area contributed by atoms with Gasteiger partial charge in [-0.25, -0.2) is 8.78 Å². The van der Waals surface area contributed by atoms with Gasteiger partial charge < -0.3 is 9.97 Å². The number of halogens is 2. The Morgan fingerprint density at radius 2 is 0.737 bits per heavy atom. The molecule has 4 nitrogen and oxygen atoms in total. The van der Waals surface area contributed by atoms with Gasteiger partial charge in [0, 0.05) is 32.6 Å². The van der Waals surface area contributed by atoms with Crippen LogP contribution in [0.1, 0.15) is 0 Å². The Kier molecular flexibility index (Phi) is 4.78. The Bertz CT molecular complexity index is 2020. The van der Waals surface area contributed by atoms with Gasteiger partial charge in [-0.15, -0.1) is 0 Å². The van der Waals surface area contributed by atoms with Gasteiger partial charge in [-0.2, -0.15) is 0 Å². The Hall–Kier alpha value is -5.10. The molecule has 2 aromatic heterocycles. The van der Waals surface area contributed by atoms with E-state index in [0.717, 1.165) is 22.3 Å². The molecule has 2 heterocycles. The van der Waals surface area contributed by atoms with Crippen molar-refractivity contribution in [1.82, 2.24) is 9.97 Å². The number of benzene rings is 5. The normalized spacial score (nSPS) is 11.6. The first-order valence-corrected chi connectivity index (χ1v) is 12.1. The number of hydrogen-bond acceptors (Lipinski definition) is 2. The first kappa shape index (κ1) is 22.1. The molecular weight excluding hydrogens is 482 g/mol. The molecule has 0 unspecified atom stereocenters. The average Bonchev–Trinajstić information content (AvgIpc) is 2.93. The third kappa shape index (κ3) is 3.50. The third-order valence-corrected chi connectivity index (χ3v) is 7.07. The topological polar surface area (TPSA) is 65.7 Å². The van der Waals surface area contributed by atoms with E-state index in [1.54, 1.807) is 48.5 Å². The first-order chi connectivity index (χ1) is 18.4. The van der Waals surface area contributed by atoms with Crippen molar-refractivity contribution in [2.24, 2.45) is 0 Å². The summed E-state index contributed by atoms with van der Waals surface area (Å²) in [6.45, 7) is 0. The van der Waals surface area contributed by atoms with E-state index in [9.17, 15) is 18.4 Å². The fourth-order valence-electron chi connectivity index (χ4n) is 5.09. The predicted molar refractivity (Wildman–Crippen MR) is 148 cm³/mol. The molecule has 0 bridgehead atoms. The summed E-state index contributed by atoms with van der Waals surface area (Å²) in [4.78, 5) is 33.7. The van der Waals surface area contributed by atoms with Crippen LogP contribution >= 0.6 is 0 Å². The van der Waals surface area contributed by atoms with Gasteiger partial charge in [0.15, 0.2) is 10.9 Å². The Balaban J connectivity index is 1.43. The molecule has 7 aromatic rings. The summed E-state index contributed by atoms with van der Waals surface area (Å²) < 4.78 is 26.7. The number of nitrogens with one attached hydrogen (secondary N) is 2. The van der Waals surface area contributed by atoms with Gasteiger partial charge in [0.05, 0.1) is 11.0 Å². The molecule has 182 valence electrons. The van der Waals surface area contributed by atoms with Crippen molar-refractivity contribution in [2.45, 2.75) is 0 Å². The minimum Gasteiger partial charge on any atom is -0.354 e. The molecule has 38 heavy (non-hydrogen) atoms. The van der Waals surface area contributed by atoms with E-state index in [1.165, 1.54) is 24.3 Å². The number of aromatic nitrogens is 2. The van der Waals surface area contributed by atoms with Crippen LogP contribution in [-0.4, -0.2) is 9.97 Å². The molecule has 2 N–H and O–H groups in total. The van der Waals surface area contributed by atoms with Crippen molar-refractivity contribution in [3.05, 3.63) is 129 Å². The zero-order valence-corrected chi connectivity index (χ0v) is 19.8. The number of pyridine rings is 2. The van der Waals surface area contributed by atoms with E-state index in [2.05, 4.69) is 9.97 Å². The fraction of sp³-hybridized carbons (Fsp3) is 0. The number of aromatic amines is 2. The summed E-state index contributed by atoms with van der Waals surface area (Å²) in [5.41, 5.74) is 5.31. The molecular formula is C32H18F2N2O2. The van der Waals surface area contributed by atoms with Crippen molar-refractivity contribution in [3.63, 3.8) is 0 Å². The second-order valence-corrected chi connectivity index (χ2v) is 9.39. The lowest BCUT2D eigenvalue weighted by Crippen LogP contribution is -2.08. The van der Waals surface area contributed by atoms with Crippen LogP contribution in [0.25, 0.3) is 65.9 Å². The van der Waals surface area contributed by atoms with Crippen LogP contribution in [0.2, 0.25) is 0 Å². The number of rotatable bonds is 2. The van der Waals surface area contributed by atoms with Crippen LogP contribution in [0.5, 0.6) is 0 Å².